The molecule has 7 heteroatoms. The topological polar surface area (TPSA) is 67.3 Å². The standard InChI is InChI=1S/C16H20N2O3S2/c1-10-17-13-8-5-11(9-14(13)22-10)18(4)15(19)16(2,3)23(20,21)12-6-7-12/h5,8-9,12H,6-7H2,1-4H3. The van der Waals surface area contributed by atoms with Gasteiger partial charge in [0, 0.05) is 12.7 Å². The molecule has 0 N–H and O–H groups in total. The quantitative estimate of drug-likeness (QED) is 0.848. The van der Waals surface area contributed by atoms with E-state index >= 15 is 0 Å². The van der Waals surface area contributed by atoms with Crippen LogP contribution in [0.2, 0.25) is 0 Å². The third-order valence-corrected chi connectivity index (χ3v) is 8.24. The van der Waals surface area contributed by atoms with Crippen LogP contribution in [0.5, 0.6) is 0 Å². The van der Waals surface area contributed by atoms with Crippen LogP contribution in [-0.2, 0) is 14.6 Å². The Morgan fingerprint density at radius 2 is 2.00 bits per heavy atom. The summed E-state index contributed by atoms with van der Waals surface area (Å²) in [5.74, 6) is -0.398. The summed E-state index contributed by atoms with van der Waals surface area (Å²) in [5, 5.41) is 0.601. The van der Waals surface area contributed by atoms with Gasteiger partial charge in [0.15, 0.2) is 9.84 Å². The van der Waals surface area contributed by atoms with Crippen LogP contribution < -0.4 is 4.90 Å². The first-order valence-electron chi connectivity index (χ1n) is 7.53. The lowest BCUT2D eigenvalue weighted by atomic mass is 10.1. The number of nitrogens with zero attached hydrogens (tertiary/aromatic N) is 2. The molecule has 3 rings (SSSR count). The van der Waals surface area contributed by atoms with Crippen molar-refractivity contribution >= 4 is 43.0 Å². The normalized spacial score (nSPS) is 15.8. The molecule has 0 bridgehead atoms. The van der Waals surface area contributed by atoms with Crippen LogP contribution in [0.3, 0.4) is 0 Å². The number of carbonyl (C=O) groups excluding carboxylic acids is 1. The van der Waals surface area contributed by atoms with Gasteiger partial charge in [0.05, 0.1) is 20.5 Å². The minimum atomic E-state index is -3.46. The number of aromatic nitrogens is 1. The van der Waals surface area contributed by atoms with Crippen LogP contribution in [0.4, 0.5) is 5.69 Å². The maximum atomic E-state index is 12.8. The molecule has 1 fully saturated rings. The molecule has 23 heavy (non-hydrogen) atoms. The number of fused-ring (bicyclic) bond motifs is 1. The van der Waals surface area contributed by atoms with Gasteiger partial charge in [-0.2, -0.15) is 0 Å². The van der Waals surface area contributed by atoms with Gasteiger partial charge in [-0.05, 0) is 51.8 Å². The van der Waals surface area contributed by atoms with E-state index in [0.29, 0.717) is 18.5 Å². The van der Waals surface area contributed by atoms with Gasteiger partial charge in [-0.25, -0.2) is 13.4 Å². The fourth-order valence-electron chi connectivity index (χ4n) is 2.67. The van der Waals surface area contributed by atoms with Crippen LogP contribution in [-0.4, -0.2) is 36.4 Å². The average molecular weight is 352 g/mol. The highest BCUT2D eigenvalue weighted by Gasteiger charge is 2.51. The van der Waals surface area contributed by atoms with E-state index in [4.69, 9.17) is 0 Å². The van der Waals surface area contributed by atoms with E-state index in [0.717, 1.165) is 15.2 Å². The molecule has 1 aliphatic rings. The second-order valence-electron chi connectivity index (χ2n) is 6.50. The zero-order valence-corrected chi connectivity index (χ0v) is 15.3. The second-order valence-corrected chi connectivity index (χ2v) is 10.5. The molecule has 0 atom stereocenters. The predicted molar refractivity (Wildman–Crippen MR) is 93.8 cm³/mol. The fourth-order valence-corrected chi connectivity index (χ4v) is 5.51. The van der Waals surface area contributed by atoms with Gasteiger partial charge in [-0.1, -0.05) is 0 Å². The van der Waals surface area contributed by atoms with Crippen molar-refractivity contribution in [3.8, 4) is 0 Å². The Hall–Kier alpha value is -1.47. The molecular formula is C16H20N2O3S2. The highest BCUT2D eigenvalue weighted by molar-refractivity contribution is 7.94. The number of carbonyl (C=O) groups is 1. The van der Waals surface area contributed by atoms with E-state index in [-0.39, 0.29) is 5.25 Å². The largest absolute Gasteiger partial charge is 0.314 e. The minimum Gasteiger partial charge on any atom is -0.314 e. The van der Waals surface area contributed by atoms with Crippen molar-refractivity contribution in [1.82, 2.24) is 4.98 Å². The monoisotopic (exact) mass is 352 g/mol. The van der Waals surface area contributed by atoms with Crippen LogP contribution in [0, 0.1) is 6.92 Å². The van der Waals surface area contributed by atoms with E-state index in [2.05, 4.69) is 4.98 Å². The lowest BCUT2D eigenvalue weighted by Gasteiger charge is -2.29. The zero-order chi connectivity index (χ0) is 17.0. The van der Waals surface area contributed by atoms with Gasteiger partial charge >= 0.3 is 0 Å². The molecule has 0 saturated heterocycles. The molecule has 0 unspecified atom stereocenters. The lowest BCUT2D eigenvalue weighted by Crippen LogP contribution is -2.50. The summed E-state index contributed by atoms with van der Waals surface area (Å²) >= 11 is 1.56. The molecular weight excluding hydrogens is 332 g/mol. The molecule has 124 valence electrons. The Bertz CT molecular complexity index is 880. The van der Waals surface area contributed by atoms with Gasteiger partial charge in [0.1, 0.15) is 4.75 Å². The Kier molecular flexibility index (Phi) is 3.76. The Morgan fingerprint density at radius 3 is 2.61 bits per heavy atom. The maximum Gasteiger partial charge on any atom is 0.247 e. The average Bonchev–Trinajstić information content (AvgIpc) is 3.27. The van der Waals surface area contributed by atoms with Crippen LogP contribution >= 0.6 is 11.3 Å². The summed E-state index contributed by atoms with van der Waals surface area (Å²) in [7, 11) is -1.83. The van der Waals surface area contributed by atoms with Gasteiger partial charge in [-0.3, -0.25) is 4.79 Å². The summed E-state index contributed by atoms with van der Waals surface area (Å²) in [6.45, 7) is 4.95. The highest BCUT2D eigenvalue weighted by atomic mass is 32.2. The molecule has 1 heterocycles. The lowest BCUT2D eigenvalue weighted by molar-refractivity contribution is -0.120. The third-order valence-electron chi connectivity index (χ3n) is 4.36. The van der Waals surface area contributed by atoms with Crippen LogP contribution in [0.1, 0.15) is 31.7 Å². The van der Waals surface area contributed by atoms with Crippen molar-refractivity contribution in [2.45, 2.75) is 43.6 Å². The number of rotatable bonds is 4. The van der Waals surface area contributed by atoms with E-state index in [1.165, 1.54) is 18.7 Å². The molecule has 2 aromatic rings. The molecule has 0 aliphatic heterocycles. The molecule has 1 saturated carbocycles. The number of aryl methyl sites for hydroxylation is 1. The molecule has 1 aliphatic carbocycles. The zero-order valence-electron chi connectivity index (χ0n) is 13.7. The number of benzene rings is 1. The number of amides is 1. The van der Waals surface area contributed by atoms with Crippen LogP contribution in [0.25, 0.3) is 10.2 Å². The third kappa shape index (κ3) is 2.65. The second kappa shape index (κ2) is 5.27. The molecule has 5 nitrogen and oxygen atoms in total. The number of thiazole rings is 1. The first-order chi connectivity index (χ1) is 10.6. The van der Waals surface area contributed by atoms with Crippen molar-refractivity contribution < 1.29 is 13.2 Å². The fraction of sp³-hybridized carbons (Fsp3) is 0.500. The van der Waals surface area contributed by atoms with Crippen molar-refractivity contribution in [3.63, 3.8) is 0 Å². The van der Waals surface area contributed by atoms with Gasteiger partial charge < -0.3 is 4.90 Å². The van der Waals surface area contributed by atoms with Crippen molar-refractivity contribution in [2.75, 3.05) is 11.9 Å². The summed E-state index contributed by atoms with van der Waals surface area (Å²) < 4.78 is 24.7. The summed E-state index contributed by atoms with van der Waals surface area (Å²) in [6, 6.07) is 5.55. The number of anilines is 1. The molecule has 1 aromatic heterocycles. The van der Waals surface area contributed by atoms with Gasteiger partial charge in [0.2, 0.25) is 5.91 Å². The smallest absolute Gasteiger partial charge is 0.247 e. The van der Waals surface area contributed by atoms with E-state index < -0.39 is 20.5 Å². The molecule has 0 spiro atoms. The predicted octanol–water partition coefficient (Wildman–Crippen LogP) is 2.92. The SMILES string of the molecule is Cc1nc2ccc(N(C)C(=O)C(C)(C)S(=O)(=O)C3CC3)cc2s1. The van der Waals surface area contributed by atoms with Gasteiger partial charge in [0.25, 0.3) is 0 Å². The number of hydrogen-bond acceptors (Lipinski definition) is 5. The molecule has 1 aromatic carbocycles. The first-order valence-corrected chi connectivity index (χ1v) is 9.89. The summed E-state index contributed by atoms with van der Waals surface area (Å²) in [5.41, 5.74) is 1.58. The summed E-state index contributed by atoms with van der Waals surface area (Å²) in [4.78, 5) is 18.7. The Balaban J connectivity index is 1.94. The van der Waals surface area contributed by atoms with Crippen molar-refractivity contribution in [3.05, 3.63) is 23.2 Å². The first kappa shape index (κ1) is 16.4. The van der Waals surface area contributed by atoms with Crippen molar-refractivity contribution in [1.29, 1.82) is 0 Å². The van der Waals surface area contributed by atoms with Crippen LogP contribution in [0.15, 0.2) is 18.2 Å². The van der Waals surface area contributed by atoms with Gasteiger partial charge in [-0.15, -0.1) is 11.3 Å². The Morgan fingerprint density at radius 1 is 1.35 bits per heavy atom. The number of hydrogen-bond donors (Lipinski definition) is 0. The maximum absolute atomic E-state index is 12.8. The van der Waals surface area contributed by atoms with E-state index in [1.54, 1.807) is 24.5 Å². The highest BCUT2D eigenvalue weighted by Crippen LogP contribution is 2.37. The van der Waals surface area contributed by atoms with Crippen molar-refractivity contribution in [2.24, 2.45) is 0 Å². The van der Waals surface area contributed by atoms with E-state index in [1.807, 2.05) is 19.1 Å². The van der Waals surface area contributed by atoms with E-state index in [9.17, 15) is 13.2 Å². The Labute approximate surface area is 140 Å². The molecule has 1 amide bonds. The minimum absolute atomic E-state index is 0.360. The molecule has 0 radical (unpaired) electrons. The number of sulfone groups is 1. The summed E-state index contributed by atoms with van der Waals surface area (Å²) in [6.07, 6.45) is 1.32.